The summed E-state index contributed by atoms with van der Waals surface area (Å²) in [5, 5.41) is 4.15. The lowest BCUT2D eigenvalue weighted by molar-refractivity contribution is -0.0609. The molecule has 20 heavy (non-hydrogen) atoms. The van der Waals surface area contributed by atoms with Crippen molar-refractivity contribution in [2.45, 2.75) is 64.5 Å². The predicted molar refractivity (Wildman–Crippen MR) is 77.0 cm³/mol. The van der Waals surface area contributed by atoms with Gasteiger partial charge in [-0.25, -0.2) is 0 Å². The van der Waals surface area contributed by atoms with E-state index >= 15 is 0 Å². The van der Waals surface area contributed by atoms with Gasteiger partial charge in [0.15, 0.2) is 0 Å². The Morgan fingerprint density at radius 1 is 1.40 bits per heavy atom. The number of methoxy groups -OCH3 is 1. The summed E-state index contributed by atoms with van der Waals surface area (Å²) in [6.45, 7) is 6.55. The van der Waals surface area contributed by atoms with Gasteiger partial charge in [-0.1, -0.05) is 25.9 Å². The van der Waals surface area contributed by atoms with Crippen molar-refractivity contribution >= 4 is 0 Å². The van der Waals surface area contributed by atoms with E-state index in [-0.39, 0.29) is 11.6 Å². The van der Waals surface area contributed by atoms with Gasteiger partial charge in [-0.05, 0) is 43.9 Å². The zero-order valence-corrected chi connectivity index (χ0v) is 13.1. The molecule has 1 heterocycles. The van der Waals surface area contributed by atoms with E-state index < -0.39 is 0 Å². The lowest BCUT2D eigenvalue weighted by Gasteiger charge is -2.35. The van der Waals surface area contributed by atoms with E-state index in [1.54, 1.807) is 7.11 Å². The van der Waals surface area contributed by atoms with E-state index in [9.17, 15) is 0 Å². The molecular weight excluding hydrogens is 254 g/mol. The van der Waals surface area contributed by atoms with Gasteiger partial charge >= 0.3 is 0 Å². The topological polar surface area (TPSA) is 74.2 Å². The molecule has 0 saturated heterocycles. The summed E-state index contributed by atoms with van der Waals surface area (Å²) >= 11 is 0. The van der Waals surface area contributed by atoms with E-state index in [1.807, 2.05) is 0 Å². The van der Waals surface area contributed by atoms with Crippen LogP contribution in [0.1, 0.15) is 70.6 Å². The Morgan fingerprint density at radius 2 is 2.05 bits per heavy atom. The summed E-state index contributed by atoms with van der Waals surface area (Å²) in [6, 6.07) is -0.187. The molecule has 2 N–H and O–H groups in total. The molecule has 0 radical (unpaired) electrons. The standard InChI is InChI=1S/C15H27N3O2/c1-10(2)9-12(16)13-17-14(18-20-13)15(19-4)7-5-11(3)6-8-15/h10-12H,5-9,16H2,1-4H3. The normalized spacial score (nSPS) is 28.8. The molecule has 5 nitrogen and oxygen atoms in total. The first kappa shape index (κ1) is 15.4. The number of hydrogen-bond donors (Lipinski definition) is 1. The first-order chi connectivity index (χ1) is 9.47. The van der Waals surface area contributed by atoms with Crippen LogP contribution in [0.15, 0.2) is 4.52 Å². The highest BCUT2D eigenvalue weighted by Crippen LogP contribution is 2.41. The van der Waals surface area contributed by atoms with Crippen LogP contribution in [0.2, 0.25) is 0 Å². The van der Waals surface area contributed by atoms with Crippen molar-refractivity contribution in [1.29, 1.82) is 0 Å². The second-order valence-corrected chi connectivity index (χ2v) is 6.57. The molecule has 0 aromatic carbocycles. The molecular formula is C15H27N3O2. The van der Waals surface area contributed by atoms with Crippen LogP contribution in [0.3, 0.4) is 0 Å². The number of hydrogen-bond acceptors (Lipinski definition) is 5. The highest BCUT2D eigenvalue weighted by molar-refractivity contribution is 5.05. The van der Waals surface area contributed by atoms with Crippen LogP contribution in [-0.4, -0.2) is 17.3 Å². The van der Waals surface area contributed by atoms with Gasteiger partial charge in [0.25, 0.3) is 0 Å². The molecule has 114 valence electrons. The zero-order chi connectivity index (χ0) is 14.8. The fraction of sp³-hybridized carbons (Fsp3) is 0.867. The number of nitrogens with two attached hydrogens (primary N) is 1. The zero-order valence-electron chi connectivity index (χ0n) is 13.1. The molecule has 0 spiro atoms. The Morgan fingerprint density at radius 3 is 2.60 bits per heavy atom. The Labute approximate surface area is 121 Å². The number of aromatic nitrogens is 2. The highest BCUT2D eigenvalue weighted by Gasteiger charge is 2.40. The molecule has 1 aliphatic carbocycles. The third kappa shape index (κ3) is 3.20. The highest BCUT2D eigenvalue weighted by atomic mass is 16.5. The van der Waals surface area contributed by atoms with Gasteiger partial charge in [-0.3, -0.25) is 0 Å². The number of rotatable bonds is 5. The molecule has 1 aromatic heterocycles. The molecule has 0 aliphatic heterocycles. The third-order valence-corrected chi connectivity index (χ3v) is 4.36. The molecule has 1 saturated carbocycles. The third-order valence-electron chi connectivity index (χ3n) is 4.36. The van der Waals surface area contributed by atoms with Crippen molar-refractivity contribution in [1.82, 2.24) is 10.1 Å². The molecule has 0 amide bonds. The summed E-state index contributed by atoms with van der Waals surface area (Å²) in [5.41, 5.74) is 5.73. The van der Waals surface area contributed by atoms with Gasteiger partial charge in [0.2, 0.25) is 11.7 Å². The molecule has 1 fully saturated rings. The maximum Gasteiger partial charge on any atom is 0.243 e. The maximum absolute atomic E-state index is 6.11. The van der Waals surface area contributed by atoms with Gasteiger partial charge < -0.3 is 15.0 Å². The van der Waals surface area contributed by atoms with Gasteiger partial charge in [0.05, 0.1) is 6.04 Å². The number of nitrogens with zero attached hydrogens (tertiary/aromatic N) is 2. The van der Waals surface area contributed by atoms with Gasteiger partial charge in [0, 0.05) is 7.11 Å². The maximum atomic E-state index is 6.11. The van der Waals surface area contributed by atoms with E-state index in [4.69, 9.17) is 15.0 Å². The summed E-state index contributed by atoms with van der Waals surface area (Å²) in [5.74, 6) is 2.45. The van der Waals surface area contributed by atoms with Gasteiger partial charge in [-0.2, -0.15) is 4.98 Å². The summed E-state index contributed by atoms with van der Waals surface area (Å²) in [4.78, 5) is 4.53. The fourth-order valence-electron chi connectivity index (χ4n) is 2.93. The van der Waals surface area contributed by atoms with Crippen LogP contribution in [0.5, 0.6) is 0 Å². The average Bonchev–Trinajstić information content (AvgIpc) is 2.89. The van der Waals surface area contributed by atoms with Crippen molar-refractivity contribution in [3.05, 3.63) is 11.7 Å². The molecule has 1 atom stereocenters. The average molecular weight is 281 g/mol. The minimum Gasteiger partial charge on any atom is -0.370 e. The Balaban J connectivity index is 2.14. The van der Waals surface area contributed by atoms with Crippen LogP contribution in [0.4, 0.5) is 0 Å². The summed E-state index contributed by atoms with van der Waals surface area (Å²) < 4.78 is 11.1. The van der Waals surface area contributed by atoms with Crippen LogP contribution in [0.25, 0.3) is 0 Å². The SMILES string of the molecule is COC1(c2noc(C(N)CC(C)C)n2)CCC(C)CC1. The van der Waals surface area contributed by atoms with Crippen molar-refractivity contribution in [3.63, 3.8) is 0 Å². The number of ether oxygens (including phenoxy) is 1. The molecule has 1 unspecified atom stereocenters. The van der Waals surface area contributed by atoms with E-state index in [0.717, 1.165) is 38.0 Å². The van der Waals surface area contributed by atoms with Crippen LogP contribution in [0, 0.1) is 11.8 Å². The van der Waals surface area contributed by atoms with Crippen LogP contribution in [-0.2, 0) is 10.3 Å². The Kier molecular flexibility index (Phi) is 4.81. The lowest BCUT2D eigenvalue weighted by atomic mass is 9.79. The van der Waals surface area contributed by atoms with Gasteiger partial charge in [0.1, 0.15) is 5.60 Å². The monoisotopic (exact) mass is 281 g/mol. The van der Waals surface area contributed by atoms with Crippen molar-refractivity contribution in [2.75, 3.05) is 7.11 Å². The minimum atomic E-state index is -0.383. The molecule has 0 bridgehead atoms. The molecule has 2 rings (SSSR count). The van der Waals surface area contributed by atoms with Crippen LogP contribution >= 0.6 is 0 Å². The first-order valence-electron chi connectivity index (χ1n) is 7.61. The quantitative estimate of drug-likeness (QED) is 0.897. The predicted octanol–water partition coefficient (Wildman–Crippen LogP) is 3.17. The Hall–Kier alpha value is -0.940. The van der Waals surface area contributed by atoms with Crippen molar-refractivity contribution in [3.8, 4) is 0 Å². The van der Waals surface area contributed by atoms with Gasteiger partial charge in [-0.15, -0.1) is 0 Å². The lowest BCUT2D eigenvalue weighted by Crippen LogP contribution is -2.34. The second kappa shape index (κ2) is 6.22. The molecule has 1 aromatic rings. The molecule has 1 aliphatic rings. The second-order valence-electron chi connectivity index (χ2n) is 6.57. The van der Waals surface area contributed by atoms with E-state index in [1.165, 1.54) is 0 Å². The van der Waals surface area contributed by atoms with Crippen molar-refractivity contribution < 1.29 is 9.26 Å². The van der Waals surface area contributed by atoms with Crippen LogP contribution < -0.4 is 5.73 Å². The summed E-state index contributed by atoms with van der Waals surface area (Å²) in [6.07, 6.45) is 5.01. The largest absolute Gasteiger partial charge is 0.370 e. The fourth-order valence-corrected chi connectivity index (χ4v) is 2.93. The first-order valence-corrected chi connectivity index (χ1v) is 7.61. The molecule has 5 heteroatoms. The summed E-state index contributed by atoms with van der Waals surface area (Å²) in [7, 11) is 1.74. The van der Waals surface area contributed by atoms with Crippen molar-refractivity contribution in [2.24, 2.45) is 17.6 Å². The minimum absolute atomic E-state index is 0.187. The van der Waals surface area contributed by atoms with E-state index in [2.05, 4.69) is 30.9 Å². The Bertz CT molecular complexity index is 423. The smallest absolute Gasteiger partial charge is 0.243 e. The van der Waals surface area contributed by atoms with E-state index in [0.29, 0.717) is 17.6 Å².